The van der Waals surface area contributed by atoms with Crippen molar-refractivity contribution in [2.75, 3.05) is 20.3 Å². The quantitative estimate of drug-likeness (QED) is 0.806. The number of hydrogen-bond acceptors (Lipinski definition) is 3. The highest BCUT2D eigenvalue weighted by Gasteiger charge is 2.06. The van der Waals surface area contributed by atoms with Crippen LogP contribution in [0.25, 0.3) is 0 Å². The van der Waals surface area contributed by atoms with E-state index in [4.69, 9.17) is 15.2 Å². The molecule has 3 heteroatoms. The van der Waals surface area contributed by atoms with Crippen LogP contribution >= 0.6 is 0 Å². The van der Waals surface area contributed by atoms with E-state index in [1.807, 2.05) is 25.1 Å². The molecule has 0 saturated carbocycles. The Morgan fingerprint density at radius 2 is 2.07 bits per heavy atom. The minimum atomic E-state index is 0.357. The zero-order valence-corrected chi connectivity index (χ0v) is 9.62. The number of hydrogen-bond donors (Lipinski definition) is 1. The molecule has 0 aliphatic heterocycles. The van der Waals surface area contributed by atoms with E-state index in [9.17, 15) is 0 Å². The predicted octanol–water partition coefficient (Wildman–Crippen LogP) is 1.98. The maximum Gasteiger partial charge on any atom is 0.161 e. The molecule has 0 aliphatic carbocycles. The van der Waals surface area contributed by atoms with Crippen molar-refractivity contribution in [1.82, 2.24) is 0 Å². The van der Waals surface area contributed by atoms with E-state index in [1.165, 1.54) is 0 Å². The van der Waals surface area contributed by atoms with Crippen molar-refractivity contribution in [2.24, 2.45) is 11.7 Å². The highest BCUT2D eigenvalue weighted by atomic mass is 16.5. The van der Waals surface area contributed by atoms with Gasteiger partial charge in [0.2, 0.25) is 0 Å². The van der Waals surface area contributed by atoms with Gasteiger partial charge in [0.1, 0.15) is 0 Å². The summed E-state index contributed by atoms with van der Waals surface area (Å²) < 4.78 is 10.9. The van der Waals surface area contributed by atoms with Crippen molar-refractivity contribution >= 4 is 0 Å². The molecule has 0 bridgehead atoms. The highest BCUT2D eigenvalue weighted by Crippen LogP contribution is 2.27. The molecule has 1 aromatic rings. The Morgan fingerprint density at radius 1 is 1.33 bits per heavy atom. The summed E-state index contributed by atoms with van der Waals surface area (Å²) in [6, 6.07) is 5.89. The van der Waals surface area contributed by atoms with Gasteiger partial charge in [-0.25, -0.2) is 0 Å². The molecule has 84 valence electrons. The summed E-state index contributed by atoms with van der Waals surface area (Å²) in [6.07, 6.45) is 0. The summed E-state index contributed by atoms with van der Waals surface area (Å²) in [5, 5.41) is 0. The maximum absolute atomic E-state index is 5.63. The van der Waals surface area contributed by atoms with Crippen LogP contribution < -0.4 is 15.2 Å². The van der Waals surface area contributed by atoms with Crippen LogP contribution in [0.3, 0.4) is 0 Å². The van der Waals surface area contributed by atoms with Gasteiger partial charge >= 0.3 is 0 Å². The molecule has 0 heterocycles. The van der Waals surface area contributed by atoms with E-state index >= 15 is 0 Å². The lowest BCUT2D eigenvalue weighted by atomic mass is 10.2. The molecular weight excluding hydrogens is 190 g/mol. The molecule has 0 spiro atoms. The Kier molecular flexibility index (Phi) is 4.43. The van der Waals surface area contributed by atoms with Gasteiger partial charge in [-0.15, -0.1) is 0 Å². The smallest absolute Gasteiger partial charge is 0.161 e. The van der Waals surface area contributed by atoms with Gasteiger partial charge in [0.25, 0.3) is 0 Å². The van der Waals surface area contributed by atoms with Crippen LogP contribution in [0.4, 0.5) is 0 Å². The number of methoxy groups -OCH3 is 1. The number of rotatable bonds is 5. The fourth-order valence-corrected chi connectivity index (χ4v) is 1.19. The number of benzene rings is 1. The second-order valence-corrected chi connectivity index (χ2v) is 3.81. The minimum absolute atomic E-state index is 0.357. The van der Waals surface area contributed by atoms with Crippen molar-refractivity contribution in [1.29, 1.82) is 0 Å². The topological polar surface area (TPSA) is 44.5 Å². The molecule has 0 saturated heterocycles. The van der Waals surface area contributed by atoms with Crippen LogP contribution in [-0.2, 0) is 0 Å². The molecule has 0 radical (unpaired) electrons. The molecule has 0 amide bonds. The van der Waals surface area contributed by atoms with Crippen molar-refractivity contribution in [3.63, 3.8) is 0 Å². The summed E-state index contributed by atoms with van der Waals surface area (Å²) in [7, 11) is 1.65. The van der Waals surface area contributed by atoms with Gasteiger partial charge in [0.05, 0.1) is 13.7 Å². The number of nitrogens with two attached hydrogens (primary N) is 1. The van der Waals surface area contributed by atoms with Crippen molar-refractivity contribution in [2.45, 2.75) is 13.8 Å². The van der Waals surface area contributed by atoms with Gasteiger partial charge in [-0.1, -0.05) is 13.0 Å². The maximum atomic E-state index is 5.63. The second-order valence-electron chi connectivity index (χ2n) is 3.81. The zero-order chi connectivity index (χ0) is 11.3. The van der Waals surface area contributed by atoms with Crippen LogP contribution in [0.1, 0.15) is 12.5 Å². The SMILES string of the molecule is COc1cc(C)ccc1OCC(C)CN. The van der Waals surface area contributed by atoms with E-state index in [0.29, 0.717) is 19.1 Å². The van der Waals surface area contributed by atoms with E-state index in [-0.39, 0.29) is 0 Å². The molecule has 2 N–H and O–H groups in total. The zero-order valence-electron chi connectivity index (χ0n) is 9.62. The molecule has 0 aliphatic rings. The van der Waals surface area contributed by atoms with Gasteiger partial charge in [0, 0.05) is 5.92 Å². The molecule has 1 aromatic carbocycles. The van der Waals surface area contributed by atoms with Crippen molar-refractivity contribution < 1.29 is 9.47 Å². The third-order valence-corrected chi connectivity index (χ3v) is 2.24. The van der Waals surface area contributed by atoms with Crippen LogP contribution in [0, 0.1) is 12.8 Å². The molecular formula is C12H19NO2. The normalized spacial score (nSPS) is 12.3. The first-order valence-corrected chi connectivity index (χ1v) is 5.15. The standard InChI is InChI=1S/C12H19NO2/c1-9-4-5-11(12(6-9)14-3)15-8-10(2)7-13/h4-6,10H,7-8,13H2,1-3H3. The average molecular weight is 209 g/mol. The van der Waals surface area contributed by atoms with Gasteiger partial charge in [-0.3, -0.25) is 0 Å². The lowest BCUT2D eigenvalue weighted by Gasteiger charge is -2.13. The number of aryl methyl sites for hydroxylation is 1. The molecule has 15 heavy (non-hydrogen) atoms. The first kappa shape index (κ1) is 11.9. The fourth-order valence-electron chi connectivity index (χ4n) is 1.19. The summed E-state index contributed by atoms with van der Waals surface area (Å²) in [5.74, 6) is 1.92. The Labute approximate surface area is 91.2 Å². The van der Waals surface area contributed by atoms with Crippen LogP contribution in [0.5, 0.6) is 11.5 Å². The second kappa shape index (κ2) is 5.61. The van der Waals surface area contributed by atoms with E-state index in [2.05, 4.69) is 6.92 Å². The van der Waals surface area contributed by atoms with Crippen LogP contribution in [0.15, 0.2) is 18.2 Å². The lowest BCUT2D eigenvalue weighted by Crippen LogP contribution is -2.18. The summed E-state index contributed by atoms with van der Waals surface area (Å²) in [6.45, 7) is 5.33. The predicted molar refractivity (Wildman–Crippen MR) is 61.4 cm³/mol. The Bertz CT molecular complexity index is 312. The largest absolute Gasteiger partial charge is 0.493 e. The van der Waals surface area contributed by atoms with E-state index < -0.39 is 0 Å². The first-order chi connectivity index (χ1) is 7.17. The van der Waals surface area contributed by atoms with Gasteiger partial charge in [0.15, 0.2) is 11.5 Å². The van der Waals surface area contributed by atoms with Crippen LogP contribution in [0.2, 0.25) is 0 Å². The molecule has 1 atom stereocenters. The highest BCUT2D eigenvalue weighted by molar-refractivity contribution is 5.42. The Morgan fingerprint density at radius 3 is 2.67 bits per heavy atom. The average Bonchev–Trinajstić information content (AvgIpc) is 2.26. The lowest BCUT2D eigenvalue weighted by molar-refractivity contribution is 0.251. The summed E-state index contributed by atoms with van der Waals surface area (Å²) in [4.78, 5) is 0. The molecule has 0 fully saturated rings. The van der Waals surface area contributed by atoms with E-state index in [1.54, 1.807) is 7.11 Å². The first-order valence-electron chi connectivity index (χ1n) is 5.15. The van der Waals surface area contributed by atoms with Gasteiger partial charge < -0.3 is 15.2 Å². The molecule has 0 aromatic heterocycles. The minimum Gasteiger partial charge on any atom is -0.493 e. The summed E-state index contributed by atoms with van der Waals surface area (Å²) >= 11 is 0. The van der Waals surface area contributed by atoms with Crippen LogP contribution in [-0.4, -0.2) is 20.3 Å². The Balaban J connectivity index is 2.67. The fraction of sp³-hybridized carbons (Fsp3) is 0.500. The number of ether oxygens (including phenoxy) is 2. The van der Waals surface area contributed by atoms with Crippen molar-refractivity contribution in [3.8, 4) is 11.5 Å². The van der Waals surface area contributed by atoms with Gasteiger partial charge in [-0.2, -0.15) is 0 Å². The van der Waals surface area contributed by atoms with Crippen molar-refractivity contribution in [3.05, 3.63) is 23.8 Å². The third-order valence-electron chi connectivity index (χ3n) is 2.24. The third kappa shape index (κ3) is 3.44. The summed E-state index contributed by atoms with van der Waals surface area (Å²) in [5.41, 5.74) is 6.68. The molecule has 3 nitrogen and oxygen atoms in total. The molecule has 1 rings (SSSR count). The van der Waals surface area contributed by atoms with Gasteiger partial charge in [-0.05, 0) is 31.2 Å². The monoisotopic (exact) mass is 209 g/mol. The molecule has 1 unspecified atom stereocenters. The van der Waals surface area contributed by atoms with E-state index in [0.717, 1.165) is 17.1 Å². The Hall–Kier alpha value is -1.22.